The van der Waals surface area contributed by atoms with Gasteiger partial charge in [-0.05, 0) is 49.5 Å². The van der Waals surface area contributed by atoms with Crippen LogP contribution >= 0.6 is 11.6 Å². The highest BCUT2D eigenvalue weighted by atomic mass is 35.5. The number of likely N-dealkylation sites (N-methyl/N-ethyl adjacent to an activating group) is 1. The summed E-state index contributed by atoms with van der Waals surface area (Å²) in [4.78, 5) is 29.2. The number of benzene rings is 1. The van der Waals surface area contributed by atoms with Gasteiger partial charge in [0.2, 0.25) is 0 Å². The van der Waals surface area contributed by atoms with Crippen LogP contribution in [-0.2, 0) is 9.59 Å². The average molecular weight is 403 g/mol. The van der Waals surface area contributed by atoms with Gasteiger partial charge < -0.3 is 19.3 Å². The molecule has 6 nitrogen and oxygen atoms in total. The standard InChI is InChI=1S/C21H23ClN2O4/c1-3-23(4-2)11-12-24-18(16-6-5-13-28-16)17(20(26)21(24)27)19(25)14-7-9-15(22)10-8-14/h5-10,13,18,25H,3-4,11-12H2,1-2H3/b19-17+/t18-/m0/s1. The summed E-state index contributed by atoms with van der Waals surface area (Å²) in [6, 6.07) is 9.10. The number of carbonyl (C=O) groups is 2. The molecule has 1 aromatic carbocycles. The molecule has 2 aromatic rings. The number of halogens is 1. The van der Waals surface area contributed by atoms with Gasteiger partial charge in [-0.1, -0.05) is 25.4 Å². The number of nitrogens with zero attached hydrogens (tertiary/aromatic N) is 2. The fourth-order valence-corrected chi connectivity index (χ4v) is 3.53. The Bertz CT molecular complexity index is 870. The summed E-state index contributed by atoms with van der Waals surface area (Å²) >= 11 is 5.91. The number of aliphatic hydroxyl groups is 1. The summed E-state index contributed by atoms with van der Waals surface area (Å²) in [6.45, 7) is 6.75. The molecule has 0 radical (unpaired) electrons. The quantitative estimate of drug-likeness (QED) is 0.434. The molecule has 0 bridgehead atoms. The van der Waals surface area contributed by atoms with E-state index in [9.17, 15) is 14.7 Å². The Morgan fingerprint density at radius 3 is 2.43 bits per heavy atom. The molecular weight excluding hydrogens is 380 g/mol. The molecule has 28 heavy (non-hydrogen) atoms. The van der Waals surface area contributed by atoms with Crippen molar-refractivity contribution in [3.8, 4) is 0 Å². The number of ketones is 1. The van der Waals surface area contributed by atoms with E-state index in [1.165, 1.54) is 11.2 Å². The highest BCUT2D eigenvalue weighted by molar-refractivity contribution is 6.46. The Kier molecular flexibility index (Phi) is 6.21. The molecule has 1 atom stereocenters. The molecule has 7 heteroatoms. The van der Waals surface area contributed by atoms with Gasteiger partial charge in [0.1, 0.15) is 17.6 Å². The van der Waals surface area contributed by atoms with Gasteiger partial charge in [0.15, 0.2) is 0 Å². The highest BCUT2D eigenvalue weighted by Gasteiger charge is 2.47. The fraction of sp³-hybridized carbons (Fsp3) is 0.333. The minimum atomic E-state index is -0.763. The lowest BCUT2D eigenvalue weighted by Gasteiger charge is -2.26. The molecule has 0 saturated carbocycles. The zero-order valence-corrected chi connectivity index (χ0v) is 16.6. The first-order valence-corrected chi connectivity index (χ1v) is 9.65. The van der Waals surface area contributed by atoms with Gasteiger partial charge >= 0.3 is 0 Å². The SMILES string of the molecule is CCN(CC)CCN1C(=O)C(=O)/C(=C(/O)c2ccc(Cl)cc2)[C@@H]1c1ccco1. The van der Waals surface area contributed by atoms with Gasteiger partial charge in [-0.3, -0.25) is 9.59 Å². The third kappa shape index (κ3) is 3.84. The predicted molar refractivity (Wildman–Crippen MR) is 107 cm³/mol. The number of Topliss-reactive ketones (excluding diaryl/α,β-unsaturated/α-hetero) is 1. The minimum absolute atomic E-state index is 0.0295. The molecule has 1 aromatic heterocycles. The highest BCUT2D eigenvalue weighted by Crippen LogP contribution is 2.39. The molecule has 1 aliphatic heterocycles. The molecule has 2 heterocycles. The van der Waals surface area contributed by atoms with Crippen LogP contribution in [0.25, 0.3) is 5.76 Å². The van der Waals surface area contributed by atoms with Crippen LogP contribution in [0.5, 0.6) is 0 Å². The van der Waals surface area contributed by atoms with Gasteiger partial charge in [0.25, 0.3) is 11.7 Å². The number of hydrogen-bond acceptors (Lipinski definition) is 5. The van der Waals surface area contributed by atoms with E-state index in [4.69, 9.17) is 16.0 Å². The number of rotatable bonds is 7. The smallest absolute Gasteiger partial charge is 0.295 e. The van der Waals surface area contributed by atoms with Crippen molar-refractivity contribution in [3.05, 3.63) is 64.6 Å². The summed E-state index contributed by atoms with van der Waals surface area (Å²) in [6.07, 6.45) is 1.49. The van der Waals surface area contributed by atoms with Crippen LogP contribution in [0.3, 0.4) is 0 Å². The van der Waals surface area contributed by atoms with Crippen LogP contribution in [0.4, 0.5) is 0 Å². The maximum atomic E-state index is 12.8. The van der Waals surface area contributed by atoms with Gasteiger partial charge in [0, 0.05) is 23.7 Å². The molecule has 148 valence electrons. The largest absolute Gasteiger partial charge is 0.507 e. The van der Waals surface area contributed by atoms with Crippen molar-refractivity contribution in [1.82, 2.24) is 9.80 Å². The Morgan fingerprint density at radius 2 is 1.86 bits per heavy atom. The second-order valence-electron chi connectivity index (χ2n) is 6.54. The second kappa shape index (κ2) is 8.63. The number of hydrogen-bond donors (Lipinski definition) is 1. The maximum Gasteiger partial charge on any atom is 0.295 e. The van der Waals surface area contributed by atoms with Crippen molar-refractivity contribution in [2.45, 2.75) is 19.9 Å². The van der Waals surface area contributed by atoms with Gasteiger partial charge in [-0.25, -0.2) is 0 Å². The van der Waals surface area contributed by atoms with Crippen LogP contribution in [0.15, 0.2) is 52.7 Å². The van der Waals surface area contributed by atoms with E-state index < -0.39 is 17.7 Å². The maximum absolute atomic E-state index is 12.8. The van der Waals surface area contributed by atoms with E-state index in [-0.39, 0.29) is 11.3 Å². The second-order valence-corrected chi connectivity index (χ2v) is 6.98. The lowest BCUT2D eigenvalue weighted by molar-refractivity contribution is -0.140. The molecular formula is C21H23ClN2O4. The van der Waals surface area contributed by atoms with Crippen molar-refractivity contribution in [1.29, 1.82) is 0 Å². The Balaban J connectivity index is 2.03. The Labute approximate surface area is 169 Å². The van der Waals surface area contributed by atoms with Crippen molar-refractivity contribution in [3.63, 3.8) is 0 Å². The van der Waals surface area contributed by atoms with Crippen LogP contribution in [-0.4, -0.2) is 52.8 Å². The van der Waals surface area contributed by atoms with Crippen molar-refractivity contribution in [2.24, 2.45) is 0 Å². The van der Waals surface area contributed by atoms with Crippen LogP contribution in [0.2, 0.25) is 5.02 Å². The van der Waals surface area contributed by atoms with Crippen LogP contribution in [0, 0.1) is 0 Å². The Hall–Kier alpha value is -2.57. The number of amides is 1. The Morgan fingerprint density at radius 1 is 1.18 bits per heavy atom. The predicted octanol–water partition coefficient (Wildman–Crippen LogP) is 3.70. The number of likely N-dealkylation sites (tertiary alicyclic amines) is 1. The third-order valence-electron chi connectivity index (χ3n) is 5.02. The molecule has 1 aliphatic rings. The van der Waals surface area contributed by atoms with Crippen LogP contribution in [0.1, 0.15) is 31.2 Å². The third-order valence-corrected chi connectivity index (χ3v) is 5.27. The van der Waals surface area contributed by atoms with Gasteiger partial charge in [0.05, 0.1) is 11.8 Å². The molecule has 1 fully saturated rings. The molecule has 0 aliphatic carbocycles. The summed E-state index contributed by atoms with van der Waals surface area (Å²) in [5.41, 5.74) is 0.449. The van der Waals surface area contributed by atoms with E-state index >= 15 is 0 Å². The number of carbonyl (C=O) groups excluding carboxylic acids is 2. The molecule has 0 spiro atoms. The van der Waals surface area contributed by atoms with Crippen molar-refractivity contribution >= 4 is 29.1 Å². The zero-order valence-electron chi connectivity index (χ0n) is 15.9. The molecule has 1 amide bonds. The summed E-state index contributed by atoms with van der Waals surface area (Å²) in [7, 11) is 0. The zero-order chi connectivity index (χ0) is 20.3. The normalized spacial score (nSPS) is 19.0. The van der Waals surface area contributed by atoms with E-state index in [2.05, 4.69) is 4.90 Å². The first-order valence-electron chi connectivity index (χ1n) is 9.28. The average Bonchev–Trinajstić information content (AvgIpc) is 3.31. The van der Waals surface area contributed by atoms with E-state index in [0.717, 1.165) is 13.1 Å². The summed E-state index contributed by atoms with van der Waals surface area (Å²) in [5, 5.41) is 11.4. The van der Waals surface area contributed by atoms with E-state index in [1.807, 2.05) is 13.8 Å². The number of furan rings is 1. The lowest BCUT2D eigenvalue weighted by Crippen LogP contribution is -2.37. The van der Waals surface area contributed by atoms with Gasteiger partial charge in [-0.2, -0.15) is 0 Å². The van der Waals surface area contributed by atoms with E-state index in [1.54, 1.807) is 36.4 Å². The number of aliphatic hydroxyl groups excluding tert-OH is 1. The molecule has 3 rings (SSSR count). The summed E-state index contributed by atoms with van der Waals surface area (Å²) < 4.78 is 5.51. The molecule has 0 unspecified atom stereocenters. The van der Waals surface area contributed by atoms with Crippen molar-refractivity contribution in [2.75, 3.05) is 26.2 Å². The first-order chi connectivity index (χ1) is 13.5. The molecule has 1 N–H and O–H groups in total. The minimum Gasteiger partial charge on any atom is -0.507 e. The van der Waals surface area contributed by atoms with Crippen LogP contribution < -0.4 is 0 Å². The van der Waals surface area contributed by atoms with Gasteiger partial charge in [-0.15, -0.1) is 0 Å². The summed E-state index contributed by atoms with van der Waals surface area (Å²) in [5.74, 6) is -1.14. The van der Waals surface area contributed by atoms with E-state index in [0.29, 0.717) is 29.4 Å². The topological polar surface area (TPSA) is 74.0 Å². The molecule has 1 saturated heterocycles. The van der Waals surface area contributed by atoms with Crippen molar-refractivity contribution < 1.29 is 19.1 Å². The monoisotopic (exact) mass is 402 g/mol. The lowest BCUT2D eigenvalue weighted by atomic mass is 9.99. The first kappa shape index (κ1) is 20.2. The fourth-order valence-electron chi connectivity index (χ4n) is 3.41.